The van der Waals surface area contributed by atoms with Crippen molar-refractivity contribution in [3.05, 3.63) is 48.3 Å². The van der Waals surface area contributed by atoms with Gasteiger partial charge in [-0.05, 0) is 36.5 Å². The van der Waals surface area contributed by atoms with Gasteiger partial charge < -0.3 is 10.1 Å². The number of allylic oxidation sites excluding steroid dienone is 1. The smallest absolute Gasteiger partial charge is 0.230 e. The quantitative estimate of drug-likeness (QED) is 0.500. The second-order valence-corrected chi connectivity index (χ2v) is 7.88. The van der Waals surface area contributed by atoms with Crippen LogP contribution in [0.4, 0.5) is 0 Å². The van der Waals surface area contributed by atoms with Gasteiger partial charge in [0.05, 0.1) is 5.75 Å². The molecular weight excluding hydrogens is 360 g/mol. The molecule has 1 amide bonds. The molecule has 1 fully saturated rings. The van der Waals surface area contributed by atoms with Crippen LogP contribution in [0.1, 0.15) is 44.0 Å². The molecule has 7 heteroatoms. The number of nitrogens with zero attached hydrogens (tertiary/aromatic N) is 3. The van der Waals surface area contributed by atoms with Gasteiger partial charge >= 0.3 is 0 Å². The Morgan fingerprint density at radius 3 is 2.74 bits per heavy atom. The molecule has 0 saturated heterocycles. The number of nitrogens with one attached hydrogen (secondary N) is 1. The topological polar surface area (TPSA) is 69.0 Å². The van der Waals surface area contributed by atoms with E-state index in [1.54, 1.807) is 6.08 Å². The highest BCUT2D eigenvalue weighted by Gasteiger charge is 2.23. The summed E-state index contributed by atoms with van der Waals surface area (Å²) in [5.74, 6) is 2.38. The minimum absolute atomic E-state index is 0.0405. The van der Waals surface area contributed by atoms with Crippen LogP contribution >= 0.6 is 11.8 Å². The average molecular weight is 387 g/mol. The van der Waals surface area contributed by atoms with Crippen LogP contribution in [0, 0.1) is 0 Å². The van der Waals surface area contributed by atoms with Gasteiger partial charge in [-0.1, -0.05) is 43.8 Å². The van der Waals surface area contributed by atoms with Crippen molar-refractivity contribution < 1.29 is 9.53 Å². The van der Waals surface area contributed by atoms with Crippen LogP contribution in [0.2, 0.25) is 0 Å². The highest BCUT2D eigenvalue weighted by molar-refractivity contribution is 7.99. The van der Waals surface area contributed by atoms with Crippen LogP contribution in [0.5, 0.6) is 5.75 Å². The van der Waals surface area contributed by atoms with Crippen LogP contribution < -0.4 is 10.1 Å². The fourth-order valence-corrected chi connectivity index (χ4v) is 3.35. The summed E-state index contributed by atoms with van der Waals surface area (Å²) in [6.45, 7) is 9.02. The molecule has 1 aliphatic rings. The summed E-state index contributed by atoms with van der Waals surface area (Å²) >= 11 is 1.39. The number of hydrogen-bond acceptors (Lipinski definition) is 5. The van der Waals surface area contributed by atoms with E-state index in [0.717, 1.165) is 18.6 Å². The van der Waals surface area contributed by atoms with E-state index in [2.05, 4.69) is 48.1 Å². The van der Waals surface area contributed by atoms with Crippen LogP contribution in [-0.4, -0.2) is 32.5 Å². The zero-order valence-corrected chi connectivity index (χ0v) is 16.7. The molecule has 1 saturated carbocycles. The van der Waals surface area contributed by atoms with E-state index in [0.29, 0.717) is 41.8 Å². The Bertz CT molecular complexity index is 782. The van der Waals surface area contributed by atoms with Gasteiger partial charge in [-0.3, -0.25) is 9.36 Å². The molecule has 1 heterocycles. The Labute approximate surface area is 164 Å². The third-order valence-electron chi connectivity index (χ3n) is 4.29. The summed E-state index contributed by atoms with van der Waals surface area (Å²) < 4.78 is 7.80. The summed E-state index contributed by atoms with van der Waals surface area (Å²) in [6, 6.07) is 8.47. The standard InChI is InChI=1S/C20H26N4O2S/c1-4-11-24-18(12-26-17-9-5-15(6-10-17)14(2)3)22-23-20(24)27-13-19(25)21-16-7-8-16/h4-6,9-10,14,16H,1,7-8,11-13H2,2-3H3,(H,21,25). The van der Waals surface area contributed by atoms with Gasteiger partial charge in [0.25, 0.3) is 0 Å². The normalized spacial score (nSPS) is 13.6. The fraction of sp³-hybridized carbons (Fsp3) is 0.450. The number of aromatic nitrogens is 3. The molecule has 144 valence electrons. The van der Waals surface area contributed by atoms with Crippen molar-refractivity contribution in [2.45, 2.75) is 57.0 Å². The molecule has 0 spiro atoms. The Balaban J connectivity index is 1.59. The summed E-state index contributed by atoms with van der Waals surface area (Å²) in [4.78, 5) is 11.9. The molecule has 0 radical (unpaired) electrons. The van der Waals surface area contributed by atoms with Crippen molar-refractivity contribution in [3.8, 4) is 5.75 Å². The summed E-state index contributed by atoms with van der Waals surface area (Å²) in [6.07, 6.45) is 3.96. The molecule has 1 aliphatic carbocycles. The van der Waals surface area contributed by atoms with Gasteiger partial charge in [0.1, 0.15) is 12.4 Å². The van der Waals surface area contributed by atoms with Crippen LogP contribution in [0.25, 0.3) is 0 Å². The molecule has 1 N–H and O–H groups in total. The fourth-order valence-electron chi connectivity index (χ4n) is 2.57. The van der Waals surface area contributed by atoms with Crippen molar-refractivity contribution >= 4 is 17.7 Å². The first-order valence-electron chi connectivity index (χ1n) is 9.24. The van der Waals surface area contributed by atoms with E-state index in [-0.39, 0.29) is 5.91 Å². The molecule has 1 aromatic carbocycles. The maximum absolute atomic E-state index is 11.9. The molecule has 0 unspecified atom stereocenters. The predicted molar refractivity (Wildman–Crippen MR) is 107 cm³/mol. The lowest BCUT2D eigenvalue weighted by Gasteiger charge is -2.10. The Morgan fingerprint density at radius 1 is 1.37 bits per heavy atom. The van der Waals surface area contributed by atoms with Crippen molar-refractivity contribution in [1.29, 1.82) is 0 Å². The van der Waals surface area contributed by atoms with Gasteiger partial charge in [-0.25, -0.2) is 0 Å². The minimum atomic E-state index is 0.0405. The molecule has 6 nitrogen and oxygen atoms in total. The number of carbonyl (C=O) groups excluding carboxylic acids is 1. The SMILES string of the molecule is C=CCn1c(COc2ccc(C(C)C)cc2)nnc1SCC(=O)NC1CC1. The number of amides is 1. The third-order valence-corrected chi connectivity index (χ3v) is 5.26. The summed E-state index contributed by atoms with van der Waals surface area (Å²) in [5, 5.41) is 12.1. The zero-order chi connectivity index (χ0) is 19.2. The van der Waals surface area contributed by atoms with Gasteiger partial charge in [-0.15, -0.1) is 16.8 Å². The lowest BCUT2D eigenvalue weighted by Crippen LogP contribution is -2.27. The molecule has 0 aliphatic heterocycles. The number of thioether (sulfide) groups is 1. The van der Waals surface area contributed by atoms with Crippen LogP contribution in [-0.2, 0) is 17.9 Å². The second kappa shape index (κ2) is 9.08. The highest BCUT2D eigenvalue weighted by atomic mass is 32.2. The molecule has 0 bridgehead atoms. The lowest BCUT2D eigenvalue weighted by atomic mass is 10.0. The number of rotatable bonds is 10. The number of hydrogen-bond donors (Lipinski definition) is 1. The first-order valence-corrected chi connectivity index (χ1v) is 10.2. The highest BCUT2D eigenvalue weighted by Crippen LogP contribution is 2.22. The maximum Gasteiger partial charge on any atom is 0.230 e. The number of ether oxygens (including phenoxy) is 1. The monoisotopic (exact) mass is 386 g/mol. The Kier molecular flexibility index (Phi) is 6.55. The summed E-state index contributed by atoms with van der Waals surface area (Å²) in [5.41, 5.74) is 1.28. The average Bonchev–Trinajstić information content (AvgIpc) is 3.39. The molecule has 27 heavy (non-hydrogen) atoms. The summed E-state index contributed by atoms with van der Waals surface area (Å²) in [7, 11) is 0. The first kappa shape index (κ1) is 19.5. The van der Waals surface area contributed by atoms with Gasteiger partial charge in [0, 0.05) is 12.6 Å². The molecular formula is C20H26N4O2S. The van der Waals surface area contributed by atoms with Gasteiger partial charge in [0.15, 0.2) is 11.0 Å². The van der Waals surface area contributed by atoms with Gasteiger partial charge in [-0.2, -0.15) is 0 Å². The number of benzene rings is 1. The Hall–Kier alpha value is -2.28. The number of carbonyl (C=O) groups is 1. The van der Waals surface area contributed by atoms with Crippen molar-refractivity contribution in [2.75, 3.05) is 5.75 Å². The largest absolute Gasteiger partial charge is 0.486 e. The maximum atomic E-state index is 11.9. The van der Waals surface area contributed by atoms with Gasteiger partial charge in [0.2, 0.25) is 5.91 Å². The van der Waals surface area contributed by atoms with E-state index < -0.39 is 0 Å². The van der Waals surface area contributed by atoms with E-state index in [1.165, 1.54) is 17.3 Å². The van der Waals surface area contributed by atoms with Crippen molar-refractivity contribution in [1.82, 2.24) is 20.1 Å². The lowest BCUT2D eigenvalue weighted by molar-refractivity contribution is -0.118. The van der Waals surface area contributed by atoms with E-state index in [4.69, 9.17) is 4.74 Å². The van der Waals surface area contributed by atoms with Crippen LogP contribution in [0.15, 0.2) is 42.1 Å². The molecule has 3 rings (SSSR count). The van der Waals surface area contributed by atoms with E-state index in [1.807, 2.05) is 16.7 Å². The molecule has 2 aromatic rings. The Morgan fingerprint density at radius 2 is 2.11 bits per heavy atom. The zero-order valence-electron chi connectivity index (χ0n) is 15.9. The van der Waals surface area contributed by atoms with Crippen LogP contribution in [0.3, 0.4) is 0 Å². The predicted octanol–water partition coefficient (Wildman–Crippen LogP) is 3.54. The second-order valence-electron chi connectivity index (χ2n) is 6.94. The van der Waals surface area contributed by atoms with E-state index >= 15 is 0 Å². The van der Waals surface area contributed by atoms with Crippen molar-refractivity contribution in [2.24, 2.45) is 0 Å². The molecule has 0 atom stereocenters. The molecule has 1 aromatic heterocycles. The third kappa shape index (κ3) is 5.60. The first-order chi connectivity index (χ1) is 13.1. The minimum Gasteiger partial charge on any atom is -0.486 e. The van der Waals surface area contributed by atoms with E-state index in [9.17, 15) is 4.79 Å². The van der Waals surface area contributed by atoms with Crippen molar-refractivity contribution in [3.63, 3.8) is 0 Å².